The summed E-state index contributed by atoms with van der Waals surface area (Å²) in [5.74, 6) is -1.84. The molecule has 0 radical (unpaired) electrons. The van der Waals surface area contributed by atoms with Crippen LogP contribution in [0, 0.1) is 6.92 Å². The van der Waals surface area contributed by atoms with Crippen molar-refractivity contribution in [2.24, 2.45) is 0 Å². The molecule has 0 bridgehead atoms. The van der Waals surface area contributed by atoms with E-state index >= 15 is 0 Å². The maximum absolute atomic E-state index is 13.7. The molecule has 1 amide bonds. The van der Waals surface area contributed by atoms with E-state index in [2.05, 4.69) is 5.32 Å². The van der Waals surface area contributed by atoms with Gasteiger partial charge in [-0.1, -0.05) is 71.2 Å². The van der Waals surface area contributed by atoms with Gasteiger partial charge < -0.3 is 9.84 Å². The minimum atomic E-state index is -3.72. The Morgan fingerprint density at radius 1 is 1.12 bits per heavy atom. The molecule has 0 heterocycles. The highest BCUT2D eigenvalue weighted by molar-refractivity contribution is 7.68. The summed E-state index contributed by atoms with van der Waals surface area (Å²) in [6.07, 6.45) is 0. The van der Waals surface area contributed by atoms with Crippen LogP contribution in [0.3, 0.4) is 0 Å². The number of benzene rings is 2. The van der Waals surface area contributed by atoms with Gasteiger partial charge in [0.15, 0.2) is 5.78 Å². The van der Waals surface area contributed by atoms with Crippen LogP contribution >= 0.6 is 42.2 Å². The Labute approximate surface area is 168 Å². The van der Waals surface area contributed by atoms with Crippen LogP contribution < -0.4 is 10.6 Å². The largest absolute Gasteiger partial charge is 0.336 e. The number of alkyl halides is 3. The van der Waals surface area contributed by atoms with Crippen molar-refractivity contribution >= 4 is 53.4 Å². The van der Waals surface area contributed by atoms with E-state index in [4.69, 9.17) is 39.3 Å². The van der Waals surface area contributed by atoms with Crippen LogP contribution in [0.1, 0.15) is 22.8 Å². The Morgan fingerprint density at radius 2 is 1.69 bits per heavy atom. The minimum Gasteiger partial charge on any atom is -0.336 e. The van der Waals surface area contributed by atoms with E-state index in [0.29, 0.717) is 10.9 Å². The summed E-state index contributed by atoms with van der Waals surface area (Å²) in [7, 11) is -3.72. The lowest BCUT2D eigenvalue weighted by atomic mass is 10.1. The predicted molar refractivity (Wildman–Crippen MR) is 108 cm³/mol. The van der Waals surface area contributed by atoms with Gasteiger partial charge in [0.2, 0.25) is 3.79 Å². The molecule has 0 aliphatic rings. The molecule has 1 N–H and O–H groups in total. The summed E-state index contributed by atoms with van der Waals surface area (Å²) in [5, 5.41) is 2.98. The van der Waals surface area contributed by atoms with Crippen molar-refractivity contribution < 1.29 is 13.9 Å². The lowest BCUT2D eigenvalue weighted by Crippen LogP contribution is -2.46. The van der Waals surface area contributed by atoms with Crippen LogP contribution in [0.5, 0.6) is 0 Å². The zero-order chi connectivity index (χ0) is 19.4. The van der Waals surface area contributed by atoms with Gasteiger partial charge in [-0.25, -0.2) is 0 Å². The molecule has 0 saturated heterocycles. The molecule has 0 aromatic heterocycles. The van der Waals surface area contributed by atoms with Gasteiger partial charge in [-0.05, 0) is 37.6 Å². The molecule has 0 fully saturated rings. The Bertz CT molecular complexity index is 809. The van der Waals surface area contributed by atoms with E-state index in [1.807, 2.05) is 6.07 Å². The SMILES string of the molecule is CCO[P@@](=O)(c1ccccc1)[C@@H](NC(=O)c1ccccc1C)C(Cl)(Cl)Cl. The normalized spacial score (nSPS) is 15.1. The molecule has 0 unspecified atom stereocenters. The lowest BCUT2D eigenvalue weighted by molar-refractivity contribution is 0.0945. The molecule has 8 heteroatoms. The third kappa shape index (κ3) is 4.82. The highest BCUT2D eigenvalue weighted by Crippen LogP contribution is 2.57. The highest BCUT2D eigenvalue weighted by atomic mass is 35.6. The van der Waals surface area contributed by atoms with Crippen LogP contribution in [0.4, 0.5) is 0 Å². The molecule has 2 aromatic rings. The number of hydrogen-bond donors (Lipinski definition) is 1. The second-order valence-electron chi connectivity index (χ2n) is 5.58. The minimum absolute atomic E-state index is 0.129. The van der Waals surface area contributed by atoms with Crippen LogP contribution in [0.2, 0.25) is 0 Å². The summed E-state index contributed by atoms with van der Waals surface area (Å²) >= 11 is 18.3. The summed E-state index contributed by atoms with van der Waals surface area (Å²) in [6.45, 7) is 3.61. The zero-order valence-electron chi connectivity index (χ0n) is 14.3. The fourth-order valence-corrected chi connectivity index (χ4v) is 6.07. The van der Waals surface area contributed by atoms with Gasteiger partial charge in [0.1, 0.15) is 0 Å². The molecule has 4 nitrogen and oxygen atoms in total. The van der Waals surface area contributed by atoms with Crippen LogP contribution in [0.15, 0.2) is 54.6 Å². The van der Waals surface area contributed by atoms with E-state index in [-0.39, 0.29) is 6.61 Å². The van der Waals surface area contributed by atoms with Gasteiger partial charge in [0.05, 0.1) is 6.61 Å². The number of nitrogens with one attached hydrogen (secondary N) is 1. The number of aryl methyl sites for hydroxylation is 1. The first-order valence-corrected chi connectivity index (χ1v) is 10.8. The van der Waals surface area contributed by atoms with Crippen molar-refractivity contribution in [3.05, 3.63) is 65.7 Å². The van der Waals surface area contributed by atoms with E-state index in [1.165, 1.54) is 0 Å². The molecule has 0 aliphatic carbocycles. The van der Waals surface area contributed by atoms with Gasteiger partial charge in [0, 0.05) is 10.9 Å². The Hall–Kier alpha value is -1.03. The average molecular weight is 435 g/mol. The van der Waals surface area contributed by atoms with Crippen LogP contribution in [0.25, 0.3) is 0 Å². The average Bonchev–Trinajstić information content (AvgIpc) is 2.59. The summed E-state index contributed by atoms with van der Waals surface area (Å²) in [5.41, 5.74) is 1.15. The molecular weight excluding hydrogens is 416 g/mol. The maximum atomic E-state index is 13.7. The second-order valence-corrected chi connectivity index (χ2v) is 10.4. The third-order valence-corrected chi connectivity index (χ3v) is 7.71. The van der Waals surface area contributed by atoms with Gasteiger partial charge in [-0.15, -0.1) is 0 Å². The zero-order valence-corrected chi connectivity index (χ0v) is 17.4. The molecule has 0 aliphatic heterocycles. The third-order valence-electron chi connectivity index (χ3n) is 3.74. The fraction of sp³-hybridized carbons (Fsp3) is 0.278. The van der Waals surface area contributed by atoms with E-state index in [0.717, 1.165) is 5.56 Å². The van der Waals surface area contributed by atoms with E-state index in [9.17, 15) is 9.36 Å². The van der Waals surface area contributed by atoms with Crippen LogP contribution in [-0.4, -0.2) is 22.1 Å². The summed E-state index contributed by atoms with van der Waals surface area (Å²) in [6, 6.07) is 15.4. The first-order chi connectivity index (χ1) is 12.2. The van der Waals surface area contributed by atoms with Crippen molar-refractivity contribution in [1.29, 1.82) is 0 Å². The van der Waals surface area contributed by atoms with Crippen molar-refractivity contribution in [2.75, 3.05) is 6.61 Å². The number of amides is 1. The van der Waals surface area contributed by atoms with E-state index < -0.39 is 22.9 Å². The standard InChI is InChI=1S/C18H19Cl3NO3P/c1-3-25-26(24,14-10-5-4-6-11-14)17(18(19,20)21)22-16(23)15-12-8-7-9-13(15)2/h4-12,17H,3H2,1-2H3,(H,22,23)/t17-,26+/m1/s1. The topological polar surface area (TPSA) is 55.4 Å². The van der Waals surface area contributed by atoms with Gasteiger partial charge in [0.25, 0.3) is 13.3 Å². The maximum Gasteiger partial charge on any atom is 0.258 e. The van der Waals surface area contributed by atoms with E-state index in [1.54, 1.807) is 62.4 Å². The number of carbonyl (C=O) groups is 1. The quantitative estimate of drug-likeness (QED) is 0.511. The number of rotatable bonds is 6. The summed E-state index contributed by atoms with van der Waals surface area (Å²) < 4.78 is 17.2. The van der Waals surface area contributed by atoms with Gasteiger partial charge >= 0.3 is 0 Å². The monoisotopic (exact) mass is 433 g/mol. The molecule has 2 atom stereocenters. The van der Waals surface area contributed by atoms with Crippen molar-refractivity contribution in [3.8, 4) is 0 Å². The Kier molecular flexibility index (Phi) is 7.18. The lowest BCUT2D eigenvalue weighted by Gasteiger charge is -2.32. The van der Waals surface area contributed by atoms with Crippen LogP contribution in [-0.2, 0) is 9.09 Å². The predicted octanol–water partition coefficient (Wildman–Crippen LogP) is 5.06. The summed E-state index contributed by atoms with van der Waals surface area (Å²) in [4.78, 5) is 12.7. The van der Waals surface area contributed by atoms with Crippen molar-refractivity contribution in [2.45, 2.75) is 23.4 Å². The van der Waals surface area contributed by atoms with Crippen molar-refractivity contribution in [1.82, 2.24) is 5.32 Å². The Balaban J connectivity index is 2.47. The highest BCUT2D eigenvalue weighted by Gasteiger charge is 2.49. The first kappa shape index (κ1) is 21.3. The molecule has 0 saturated carbocycles. The molecule has 0 spiro atoms. The second kappa shape index (κ2) is 8.77. The molecule has 140 valence electrons. The van der Waals surface area contributed by atoms with Gasteiger partial charge in [-0.3, -0.25) is 9.36 Å². The Morgan fingerprint density at radius 3 is 2.23 bits per heavy atom. The molecular formula is C18H19Cl3NO3P. The molecule has 2 aromatic carbocycles. The fourth-order valence-electron chi connectivity index (χ4n) is 2.51. The molecule has 26 heavy (non-hydrogen) atoms. The smallest absolute Gasteiger partial charge is 0.258 e. The molecule has 2 rings (SSSR count). The number of hydrogen-bond acceptors (Lipinski definition) is 3. The number of carbonyl (C=O) groups excluding carboxylic acids is 1. The number of halogens is 3. The van der Waals surface area contributed by atoms with Gasteiger partial charge in [-0.2, -0.15) is 0 Å². The first-order valence-electron chi connectivity index (χ1n) is 7.93. The van der Waals surface area contributed by atoms with Crippen molar-refractivity contribution in [3.63, 3.8) is 0 Å².